The predicted molar refractivity (Wildman–Crippen MR) is 50.1 cm³/mol. The zero-order valence-corrected chi connectivity index (χ0v) is 8.34. The molecule has 6 heteroatoms. The van der Waals surface area contributed by atoms with Gasteiger partial charge in [0.2, 0.25) is 0 Å². The molecule has 0 bridgehead atoms. The average molecular weight is 299 g/mol. The molecule has 1 rings (SSSR count). The molecule has 13 heavy (non-hydrogen) atoms. The molecular formula is C7H4F2INO2. The Balaban J connectivity index is 3.37. The van der Waals surface area contributed by atoms with Crippen LogP contribution in [0.4, 0.5) is 8.78 Å². The molecule has 3 nitrogen and oxygen atoms in total. The lowest BCUT2D eigenvalue weighted by Gasteiger charge is -2.01. The molecule has 0 aliphatic rings. The van der Waals surface area contributed by atoms with Gasteiger partial charge in [-0.15, -0.1) is 0 Å². The summed E-state index contributed by atoms with van der Waals surface area (Å²) in [4.78, 5) is 23.2. The van der Waals surface area contributed by atoms with E-state index in [0.29, 0.717) is 6.29 Å². The van der Waals surface area contributed by atoms with Crippen LogP contribution >= 0.6 is 22.6 Å². The fourth-order valence-corrected chi connectivity index (χ4v) is 1.49. The first-order valence-electron chi connectivity index (χ1n) is 3.22. The zero-order valence-electron chi connectivity index (χ0n) is 6.18. The Morgan fingerprint density at radius 1 is 1.54 bits per heavy atom. The molecule has 0 aromatic carbocycles. The summed E-state index contributed by atoms with van der Waals surface area (Å²) in [5, 5.41) is 0. The van der Waals surface area contributed by atoms with Gasteiger partial charge in [-0.1, -0.05) is 0 Å². The molecule has 70 valence electrons. The number of halogens is 3. The fourth-order valence-electron chi connectivity index (χ4n) is 0.785. The van der Waals surface area contributed by atoms with Crippen molar-refractivity contribution in [2.24, 2.45) is 0 Å². The van der Waals surface area contributed by atoms with E-state index in [4.69, 9.17) is 0 Å². The zero-order chi connectivity index (χ0) is 10.0. The standard InChI is InChI=1S/C7H4F2INO2/c8-6(9)5-1-4(10)3(2-12)7(13)11-5/h1-2,6H,(H,11,13). The van der Waals surface area contributed by atoms with Crippen molar-refractivity contribution in [2.75, 3.05) is 0 Å². The van der Waals surface area contributed by atoms with Crippen LogP contribution in [0.25, 0.3) is 0 Å². The second kappa shape index (κ2) is 3.95. The molecule has 0 spiro atoms. The number of hydrogen-bond donors (Lipinski definition) is 1. The smallest absolute Gasteiger partial charge is 0.278 e. The summed E-state index contributed by atoms with van der Waals surface area (Å²) in [7, 11) is 0. The number of carbonyl (C=O) groups excluding carboxylic acids is 1. The molecule has 0 radical (unpaired) electrons. The van der Waals surface area contributed by atoms with E-state index in [2.05, 4.69) is 0 Å². The topological polar surface area (TPSA) is 49.9 Å². The molecule has 0 aliphatic heterocycles. The van der Waals surface area contributed by atoms with E-state index in [1.54, 1.807) is 22.6 Å². The van der Waals surface area contributed by atoms with Crippen molar-refractivity contribution in [1.82, 2.24) is 4.98 Å². The number of carbonyl (C=O) groups is 1. The van der Waals surface area contributed by atoms with Gasteiger partial charge in [-0.25, -0.2) is 8.78 Å². The fraction of sp³-hybridized carbons (Fsp3) is 0.143. The number of rotatable bonds is 2. The number of aromatic nitrogens is 1. The maximum Gasteiger partial charge on any atom is 0.278 e. The Hall–Kier alpha value is -0.790. The molecule has 0 saturated carbocycles. The highest BCUT2D eigenvalue weighted by atomic mass is 127. The second-order valence-electron chi connectivity index (χ2n) is 2.23. The van der Waals surface area contributed by atoms with Gasteiger partial charge in [-0.05, 0) is 28.7 Å². The Morgan fingerprint density at radius 2 is 2.15 bits per heavy atom. The van der Waals surface area contributed by atoms with E-state index in [1.807, 2.05) is 4.98 Å². The number of nitrogens with one attached hydrogen (secondary N) is 1. The third-order valence-electron chi connectivity index (χ3n) is 1.39. The van der Waals surface area contributed by atoms with Crippen LogP contribution < -0.4 is 5.56 Å². The highest BCUT2D eigenvalue weighted by molar-refractivity contribution is 14.1. The summed E-state index contributed by atoms with van der Waals surface area (Å²) in [6.07, 6.45) is -2.39. The Morgan fingerprint density at radius 3 is 2.54 bits per heavy atom. The number of H-pyrrole nitrogens is 1. The third kappa shape index (κ3) is 2.11. The van der Waals surface area contributed by atoms with Gasteiger partial charge in [0.1, 0.15) is 0 Å². The van der Waals surface area contributed by atoms with Gasteiger partial charge in [-0.3, -0.25) is 9.59 Å². The lowest BCUT2D eigenvalue weighted by molar-refractivity contribution is 0.111. The summed E-state index contributed by atoms with van der Waals surface area (Å²) in [6.45, 7) is 0. The number of hydrogen-bond acceptors (Lipinski definition) is 2. The van der Waals surface area contributed by atoms with Crippen LogP contribution in [0.5, 0.6) is 0 Å². The highest BCUT2D eigenvalue weighted by Crippen LogP contribution is 2.17. The number of aldehydes is 1. The van der Waals surface area contributed by atoms with E-state index in [-0.39, 0.29) is 9.13 Å². The van der Waals surface area contributed by atoms with Crippen molar-refractivity contribution in [3.63, 3.8) is 0 Å². The summed E-state index contributed by atoms with van der Waals surface area (Å²) < 4.78 is 24.4. The Kier molecular flexibility index (Phi) is 3.12. The number of alkyl halides is 2. The molecule has 1 N–H and O–H groups in total. The van der Waals surface area contributed by atoms with E-state index in [1.165, 1.54) is 0 Å². The van der Waals surface area contributed by atoms with Crippen molar-refractivity contribution in [3.8, 4) is 0 Å². The minimum absolute atomic E-state index is 0.120. The maximum atomic E-state index is 12.1. The lowest BCUT2D eigenvalue weighted by atomic mass is 10.2. The monoisotopic (exact) mass is 299 g/mol. The molecule has 0 aliphatic carbocycles. The molecule has 1 aromatic rings. The first kappa shape index (κ1) is 10.3. The minimum atomic E-state index is -2.73. The average Bonchev–Trinajstić information content (AvgIpc) is 2.03. The van der Waals surface area contributed by atoms with E-state index in [0.717, 1.165) is 6.07 Å². The van der Waals surface area contributed by atoms with E-state index in [9.17, 15) is 18.4 Å². The minimum Gasteiger partial charge on any atom is -0.320 e. The summed E-state index contributed by atoms with van der Waals surface area (Å²) in [5.41, 5.74) is -1.37. The van der Waals surface area contributed by atoms with Crippen molar-refractivity contribution >= 4 is 28.9 Å². The van der Waals surface area contributed by atoms with Gasteiger partial charge >= 0.3 is 0 Å². The van der Waals surface area contributed by atoms with E-state index < -0.39 is 17.7 Å². The first-order chi connectivity index (χ1) is 6.06. The normalized spacial score (nSPS) is 10.5. The summed E-state index contributed by atoms with van der Waals surface area (Å²) in [5.74, 6) is 0. The maximum absolute atomic E-state index is 12.1. The molecule has 0 amide bonds. The molecule has 1 heterocycles. The van der Waals surface area contributed by atoms with Crippen LogP contribution in [0.3, 0.4) is 0 Å². The van der Waals surface area contributed by atoms with Crippen LogP contribution in [0.15, 0.2) is 10.9 Å². The van der Waals surface area contributed by atoms with Gasteiger partial charge in [0, 0.05) is 3.57 Å². The first-order valence-corrected chi connectivity index (χ1v) is 4.30. The number of pyridine rings is 1. The molecular weight excluding hydrogens is 295 g/mol. The Labute approximate surface area is 85.3 Å². The van der Waals surface area contributed by atoms with Crippen LogP contribution in [0.1, 0.15) is 22.5 Å². The molecule has 0 unspecified atom stereocenters. The second-order valence-corrected chi connectivity index (χ2v) is 3.40. The Bertz CT molecular complexity index is 389. The van der Waals surface area contributed by atoms with Gasteiger partial charge in [-0.2, -0.15) is 0 Å². The van der Waals surface area contributed by atoms with Crippen molar-refractivity contribution < 1.29 is 13.6 Å². The molecule has 0 saturated heterocycles. The molecule has 0 fully saturated rings. The van der Waals surface area contributed by atoms with Crippen LogP contribution in [-0.4, -0.2) is 11.3 Å². The third-order valence-corrected chi connectivity index (χ3v) is 2.29. The molecule has 1 aromatic heterocycles. The quantitative estimate of drug-likeness (QED) is 0.668. The number of aromatic amines is 1. The lowest BCUT2D eigenvalue weighted by Crippen LogP contribution is -2.16. The van der Waals surface area contributed by atoms with Gasteiger partial charge < -0.3 is 4.98 Å². The highest BCUT2D eigenvalue weighted by Gasteiger charge is 2.12. The predicted octanol–water partition coefficient (Wildman–Crippen LogP) is 1.73. The van der Waals surface area contributed by atoms with Crippen LogP contribution in [0.2, 0.25) is 0 Å². The van der Waals surface area contributed by atoms with Gasteiger partial charge in [0.15, 0.2) is 6.29 Å². The van der Waals surface area contributed by atoms with E-state index >= 15 is 0 Å². The summed E-state index contributed by atoms with van der Waals surface area (Å²) in [6, 6.07) is 1.08. The van der Waals surface area contributed by atoms with Crippen LogP contribution in [0, 0.1) is 3.57 Å². The SMILES string of the molecule is O=Cc1c(I)cc(C(F)F)[nH]c1=O. The summed E-state index contributed by atoms with van der Waals surface area (Å²) >= 11 is 1.66. The molecule has 0 atom stereocenters. The van der Waals surface area contributed by atoms with Crippen LogP contribution in [-0.2, 0) is 0 Å². The van der Waals surface area contributed by atoms with Crippen molar-refractivity contribution in [2.45, 2.75) is 6.43 Å². The largest absolute Gasteiger partial charge is 0.320 e. The van der Waals surface area contributed by atoms with Gasteiger partial charge in [0.25, 0.3) is 12.0 Å². The van der Waals surface area contributed by atoms with Crippen molar-refractivity contribution in [1.29, 1.82) is 0 Å². The van der Waals surface area contributed by atoms with Crippen molar-refractivity contribution in [3.05, 3.63) is 31.2 Å². The van der Waals surface area contributed by atoms with Gasteiger partial charge in [0.05, 0.1) is 11.3 Å².